The number of anilines is 1. The molecule has 1 fully saturated rings. The minimum atomic E-state index is -3.65. The molecule has 0 spiro atoms. The lowest BCUT2D eigenvalue weighted by Gasteiger charge is -2.12. The summed E-state index contributed by atoms with van der Waals surface area (Å²) in [4.78, 5) is 17.2. The lowest BCUT2D eigenvalue weighted by molar-refractivity contribution is 0.102. The van der Waals surface area contributed by atoms with Gasteiger partial charge in [0, 0.05) is 35.3 Å². The normalized spacial score (nSPS) is 16.4. The molecule has 2 aromatic carbocycles. The zero-order valence-electron chi connectivity index (χ0n) is 17.0. The van der Waals surface area contributed by atoms with E-state index in [9.17, 15) is 13.2 Å². The van der Waals surface area contributed by atoms with Gasteiger partial charge in [0.25, 0.3) is 5.91 Å². The average molecular weight is 458 g/mol. The van der Waals surface area contributed by atoms with Crippen molar-refractivity contribution >= 4 is 33.0 Å². The Morgan fingerprint density at radius 1 is 1.23 bits per heavy atom. The van der Waals surface area contributed by atoms with Gasteiger partial charge in [-0.2, -0.15) is 0 Å². The fourth-order valence-corrected chi connectivity index (χ4v) is 5.02. The van der Waals surface area contributed by atoms with Crippen LogP contribution in [0.5, 0.6) is 0 Å². The van der Waals surface area contributed by atoms with Gasteiger partial charge >= 0.3 is 0 Å². The molecule has 9 heteroatoms. The van der Waals surface area contributed by atoms with E-state index >= 15 is 0 Å². The molecule has 0 radical (unpaired) electrons. The highest BCUT2D eigenvalue weighted by molar-refractivity contribution is 7.89. The van der Waals surface area contributed by atoms with E-state index in [1.165, 1.54) is 24.3 Å². The number of rotatable bonds is 7. The lowest BCUT2D eigenvalue weighted by Crippen LogP contribution is -2.31. The van der Waals surface area contributed by atoms with Crippen molar-refractivity contribution in [2.45, 2.75) is 30.8 Å². The van der Waals surface area contributed by atoms with E-state index in [0.717, 1.165) is 29.1 Å². The summed E-state index contributed by atoms with van der Waals surface area (Å²) in [6.07, 6.45) is 1.72. The van der Waals surface area contributed by atoms with Gasteiger partial charge in [-0.15, -0.1) is 11.3 Å². The predicted molar refractivity (Wildman–Crippen MR) is 121 cm³/mol. The second-order valence-corrected chi connectivity index (χ2v) is 10.1. The Kier molecular flexibility index (Phi) is 6.47. The van der Waals surface area contributed by atoms with Crippen LogP contribution >= 0.6 is 11.3 Å². The predicted octanol–water partition coefficient (Wildman–Crippen LogP) is 3.83. The third-order valence-electron chi connectivity index (χ3n) is 4.99. The van der Waals surface area contributed by atoms with Gasteiger partial charge in [-0.05, 0) is 56.2 Å². The van der Waals surface area contributed by atoms with Crippen LogP contribution in [0.2, 0.25) is 0 Å². The van der Waals surface area contributed by atoms with Gasteiger partial charge in [-0.1, -0.05) is 12.1 Å². The average Bonchev–Trinajstić information content (AvgIpc) is 3.44. The van der Waals surface area contributed by atoms with Crippen molar-refractivity contribution in [3.05, 3.63) is 64.5 Å². The SMILES string of the molecule is Cc1nc(-c2cccc(NC(=O)c3ccc(S(=O)(=O)NC[C@@H]4CCCO4)cc3)c2)cs1. The maximum atomic E-state index is 12.6. The first-order chi connectivity index (χ1) is 14.9. The van der Waals surface area contributed by atoms with E-state index in [0.29, 0.717) is 17.9 Å². The summed E-state index contributed by atoms with van der Waals surface area (Å²) in [5.74, 6) is -0.317. The van der Waals surface area contributed by atoms with Crippen LogP contribution in [-0.4, -0.2) is 38.6 Å². The van der Waals surface area contributed by atoms with Crippen molar-refractivity contribution in [2.24, 2.45) is 0 Å². The van der Waals surface area contributed by atoms with Crippen molar-refractivity contribution in [3.8, 4) is 11.3 Å². The Hall–Kier alpha value is -2.59. The van der Waals surface area contributed by atoms with Crippen LogP contribution in [0.3, 0.4) is 0 Å². The van der Waals surface area contributed by atoms with Crippen molar-refractivity contribution in [1.82, 2.24) is 9.71 Å². The number of aromatic nitrogens is 1. The standard InChI is InChI=1S/C22H23N3O4S2/c1-15-24-21(14-30-15)17-4-2-5-18(12-17)25-22(26)16-7-9-20(10-8-16)31(27,28)23-13-19-6-3-11-29-19/h2,4-5,7-10,12,14,19,23H,3,6,11,13H2,1H3,(H,25,26)/t19-/m0/s1. The van der Waals surface area contributed by atoms with Crippen LogP contribution in [0.1, 0.15) is 28.2 Å². The zero-order valence-corrected chi connectivity index (χ0v) is 18.6. The molecule has 4 rings (SSSR count). The van der Waals surface area contributed by atoms with Gasteiger partial charge in [-0.3, -0.25) is 4.79 Å². The molecule has 2 heterocycles. The molecule has 1 aliphatic heterocycles. The van der Waals surface area contributed by atoms with Crippen LogP contribution < -0.4 is 10.0 Å². The lowest BCUT2D eigenvalue weighted by atomic mass is 10.1. The van der Waals surface area contributed by atoms with Gasteiger partial charge in [0.15, 0.2) is 0 Å². The van der Waals surface area contributed by atoms with E-state index < -0.39 is 10.0 Å². The van der Waals surface area contributed by atoms with Crippen molar-refractivity contribution in [3.63, 3.8) is 0 Å². The third-order valence-corrected chi connectivity index (χ3v) is 7.20. The van der Waals surface area contributed by atoms with Gasteiger partial charge in [0.1, 0.15) is 0 Å². The first-order valence-electron chi connectivity index (χ1n) is 9.96. The molecule has 1 saturated heterocycles. The highest BCUT2D eigenvalue weighted by Gasteiger charge is 2.20. The van der Waals surface area contributed by atoms with Gasteiger partial charge in [0.2, 0.25) is 10.0 Å². The number of amides is 1. The minimum Gasteiger partial charge on any atom is -0.377 e. The summed E-state index contributed by atoms with van der Waals surface area (Å²) >= 11 is 1.57. The molecular formula is C22H23N3O4S2. The van der Waals surface area contributed by atoms with Gasteiger partial charge in [-0.25, -0.2) is 18.1 Å². The highest BCUT2D eigenvalue weighted by atomic mass is 32.2. The summed E-state index contributed by atoms with van der Waals surface area (Å²) in [5.41, 5.74) is 2.79. The number of nitrogens with one attached hydrogen (secondary N) is 2. The Bertz CT molecular complexity index is 1170. The number of carbonyl (C=O) groups excluding carboxylic acids is 1. The second-order valence-electron chi connectivity index (χ2n) is 7.30. The Morgan fingerprint density at radius 3 is 2.71 bits per heavy atom. The molecule has 0 saturated carbocycles. The maximum absolute atomic E-state index is 12.6. The van der Waals surface area contributed by atoms with E-state index in [2.05, 4.69) is 15.0 Å². The molecule has 3 aromatic rings. The van der Waals surface area contributed by atoms with Crippen LogP contribution in [-0.2, 0) is 14.8 Å². The second kappa shape index (κ2) is 9.27. The Labute approximate surface area is 185 Å². The molecule has 31 heavy (non-hydrogen) atoms. The molecule has 1 atom stereocenters. The maximum Gasteiger partial charge on any atom is 0.255 e. The number of aryl methyl sites for hydroxylation is 1. The fraction of sp³-hybridized carbons (Fsp3) is 0.273. The molecule has 1 aromatic heterocycles. The molecule has 0 aliphatic carbocycles. The number of hydrogen-bond acceptors (Lipinski definition) is 6. The fourth-order valence-electron chi connectivity index (χ4n) is 3.33. The Morgan fingerprint density at radius 2 is 2.03 bits per heavy atom. The molecule has 0 unspecified atom stereocenters. The van der Waals surface area contributed by atoms with E-state index in [1.54, 1.807) is 17.4 Å². The number of benzene rings is 2. The molecular weight excluding hydrogens is 434 g/mol. The van der Waals surface area contributed by atoms with E-state index in [1.807, 2.05) is 30.5 Å². The smallest absolute Gasteiger partial charge is 0.255 e. The van der Waals surface area contributed by atoms with E-state index in [4.69, 9.17) is 4.74 Å². The molecule has 1 amide bonds. The van der Waals surface area contributed by atoms with E-state index in [-0.39, 0.29) is 23.5 Å². The van der Waals surface area contributed by atoms with Gasteiger partial charge in [0.05, 0.1) is 21.7 Å². The minimum absolute atomic E-state index is 0.0798. The summed E-state index contributed by atoms with van der Waals surface area (Å²) in [7, 11) is -3.65. The third kappa shape index (κ3) is 5.37. The molecule has 7 nitrogen and oxygen atoms in total. The van der Waals surface area contributed by atoms with Crippen LogP contribution in [0.15, 0.2) is 58.8 Å². The first kappa shape index (κ1) is 21.6. The first-order valence-corrected chi connectivity index (χ1v) is 12.3. The van der Waals surface area contributed by atoms with Crippen LogP contribution in [0, 0.1) is 6.92 Å². The summed E-state index contributed by atoms with van der Waals surface area (Å²) in [6.45, 7) is 2.86. The topological polar surface area (TPSA) is 97.4 Å². The summed E-state index contributed by atoms with van der Waals surface area (Å²) < 4.78 is 32.9. The van der Waals surface area contributed by atoms with Crippen molar-refractivity contribution in [1.29, 1.82) is 0 Å². The van der Waals surface area contributed by atoms with Gasteiger partial charge < -0.3 is 10.1 Å². The highest BCUT2D eigenvalue weighted by Crippen LogP contribution is 2.24. The molecule has 162 valence electrons. The zero-order chi connectivity index (χ0) is 21.8. The largest absolute Gasteiger partial charge is 0.377 e. The Balaban J connectivity index is 1.41. The number of ether oxygens (including phenoxy) is 1. The number of nitrogens with zero attached hydrogens (tertiary/aromatic N) is 1. The molecule has 0 bridgehead atoms. The monoisotopic (exact) mass is 457 g/mol. The molecule has 2 N–H and O–H groups in total. The quantitative estimate of drug-likeness (QED) is 0.562. The van der Waals surface area contributed by atoms with Crippen LogP contribution in [0.4, 0.5) is 5.69 Å². The van der Waals surface area contributed by atoms with Crippen LogP contribution in [0.25, 0.3) is 11.3 Å². The number of thiazole rings is 1. The summed E-state index contributed by atoms with van der Waals surface area (Å²) in [5, 5.41) is 5.80. The molecule has 1 aliphatic rings. The number of sulfonamides is 1. The number of hydrogen-bond donors (Lipinski definition) is 2. The number of carbonyl (C=O) groups is 1. The van der Waals surface area contributed by atoms with Crippen molar-refractivity contribution in [2.75, 3.05) is 18.5 Å². The summed E-state index contributed by atoms with van der Waals surface area (Å²) in [6, 6.07) is 13.3. The van der Waals surface area contributed by atoms with Crippen molar-refractivity contribution < 1.29 is 17.9 Å².